The van der Waals surface area contributed by atoms with Crippen LogP contribution in [0.1, 0.15) is 38.8 Å². The Morgan fingerprint density at radius 1 is 1.30 bits per heavy atom. The second-order valence-corrected chi connectivity index (χ2v) is 6.85. The van der Waals surface area contributed by atoms with E-state index in [4.69, 9.17) is 10.5 Å². The van der Waals surface area contributed by atoms with Gasteiger partial charge in [-0.1, -0.05) is 31.2 Å². The smallest absolute Gasteiger partial charge is 0.309 e. The summed E-state index contributed by atoms with van der Waals surface area (Å²) in [7, 11) is 1.40. The number of benzene rings is 1. The molecule has 1 aromatic heterocycles. The van der Waals surface area contributed by atoms with Crippen LogP contribution in [0.15, 0.2) is 24.3 Å². The fourth-order valence-corrected chi connectivity index (χ4v) is 4.40. The molecular formula is C18H19NO3S. The SMILES string of the molecule is CCc1ccccc1C(=O)c1c(N)sc2c1CC(C(=O)OC)C2. The van der Waals surface area contributed by atoms with Gasteiger partial charge in [-0.05, 0) is 30.4 Å². The average molecular weight is 329 g/mol. The number of fused-ring (bicyclic) bond motifs is 1. The fraction of sp³-hybridized carbons (Fsp3) is 0.333. The summed E-state index contributed by atoms with van der Waals surface area (Å²) < 4.78 is 4.84. The van der Waals surface area contributed by atoms with Crippen molar-refractivity contribution in [1.29, 1.82) is 0 Å². The van der Waals surface area contributed by atoms with E-state index in [0.29, 0.717) is 29.0 Å². The highest BCUT2D eigenvalue weighted by Crippen LogP contribution is 2.41. The van der Waals surface area contributed by atoms with Crippen LogP contribution in [0.3, 0.4) is 0 Å². The van der Waals surface area contributed by atoms with Gasteiger partial charge >= 0.3 is 5.97 Å². The number of esters is 1. The van der Waals surface area contributed by atoms with Gasteiger partial charge in [-0.3, -0.25) is 9.59 Å². The third-order valence-corrected chi connectivity index (χ3v) is 5.49. The first-order valence-electron chi connectivity index (χ1n) is 7.67. The van der Waals surface area contributed by atoms with Crippen LogP contribution in [0.5, 0.6) is 0 Å². The third-order valence-electron chi connectivity index (χ3n) is 4.40. The Morgan fingerprint density at radius 3 is 2.74 bits per heavy atom. The van der Waals surface area contributed by atoms with E-state index < -0.39 is 0 Å². The van der Waals surface area contributed by atoms with Crippen molar-refractivity contribution in [3.8, 4) is 0 Å². The van der Waals surface area contributed by atoms with E-state index in [1.165, 1.54) is 18.4 Å². The highest BCUT2D eigenvalue weighted by atomic mass is 32.1. The van der Waals surface area contributed by atoms with Gasteiger partial charge in [0.25, 0.3) is 0 Å². The number of hydrogen-bond acceptors (Lipinski definition) is 5. The van der Waals surface area contributed by atoms with E-state index in [9.17, 15) is 9.59 Å². The van der Waals surface area contributed by atoms with Crippen molar-refractivity contribution < 1.29 is 14.3 Å². The van der Waals surface area contributed by atoms with E-state index >= 15 is 0 Å². The predicted molar refractivity (Wildman–Crippen MR) is 90.9 cm³/mol. The molecule has 0 saturated carbocycles. The first kappa shape index (κ1) is 15.7. The Morgan fingerprint density at radius 2 is 2.04 bits per heavy atom. The molecule has 23 heavy (non-hydrogen) atoms. The number of nitrogen functional groups attached to an aromatic ring is 1. The molecule has 0 saturated heterocycles. The maximum Gasteiger partial charge on any atom is 0.309 e. The minimum absolute atomic E-state index is 0.0389. The lowest BCUT2D eigenvalue weighted by molar-refractivity contribution is -0.145. The summed E-state index contributed by atoms with van der Waals surface area (Å²) >= 11 is 1.42. The minimum atomic E-state index is -0.223. The van der Waals surface area contributed by atoms with Gasteiger partial charge < -0.3 is 10.5 Å². The monoisotopic (exact) mass is 329 g/mol. The number of rotatable bonds is 4. The number of carbonyl (C=O) groups excluding carboxylic acids is 2. The normalized spacial score (nSPS) is 16.2. The minimum Gasteiger partial charge on any atom is -0.469 e. The first-order valence-corrected chi connectivity index (χ1v) is 8.48. The number of carbonyl (C=O) groups is 2. The van der Waals surface area contributed by atoms with Gasteiger partial charge in [-0.15, -0.1) is 11.3 Å². The number of thiophene rings is 1. The molecular weight excluding hydrogens is 310 g/mol. The van der Waals surface area contributed by atoms with Crippen LogP contribution in [0.2, 0.25) is 0 Å². The Labute approximate surface area is 139 Å². The molecule has 1 aliphatic rings. The van der Waals surface area contributed by atoms with Crippen molar-refractivity contribution >= 4 is 28.1 Å². The molecule has 2 N–H and O–H groups in total. The molecule has 1 aliphatic carbocycles. The highest BCUT2D eigenvalue weighted by molar-refractivity contribution is 7.16. The average Bonchev–Trinajstić information content (AvgIpc) is 3.09. The molecule has 0 aliphatic heterocycles. The molecule has 0 spiro atoms. The maximum atomic E-state index is 13.0. The molecule has 3 rings (SSSR count). The highest BCUT2D eigenvalue weighted by Gasteiger charge is 2.35. The van der Waals surface area contributed by atoms with Gasteiger partial charge in [-0.2, -0.15) is 0 Å². The van der Waals surface area contributed by atoms with Crippen LogP contribution in [0.25, 0.3) is 0 Å². The third kappa shape index (κ3) is 2.65. The van der Waals surface area contributed by atoms with Gasteiger partial charge in [-0.25, -0.2) is 0 Å². The lowest BCUT2D eigenvalue weighted by Crippen LogP contribution is -2.17. The lowest BCUT2D eigenvalue weighted by Gasteiger charge is -2.09. The van der Waals surface area contributed by atoms with Gasteiger partial charge in [0.15, 0.2) is 5.78 Å². The molecule has 1 heterocycles. The Balaban J connectivity index is 2.00. The molecule has 0 amide bonds. The molecule has 2 aromatic rings. The summed E-state index contributed by atoms with van der Waals surface area (Å²) in [5.41, 5.74) is 9.34. The number of hydrogen-bond donors (Lipinski definition) is 1. The van der Waals surface area contributed by atoms with E-state index in [-0.39, 0.29) is 17.7 Å². The summed E-state index contributed by atoms with van der Waals surface area (Å²) in [4.78, 5) is 25.8. The van der Waals surface area contributed by atoms with Crippen LogP contribution in [0, 0.1) is 5.92 Å². The Hall–Kier alpha value is -2.14. The van der Waals surface area contributed by atoms with Gasteiger partial charge in [0.2, 0.25) is 0 Å². The summed E-state index contributed by atoms with van der Waals surface area (Å²) in [5, 5.41) is 0.550. The molecule has 0 bridgehead atoms. The maximum absolute atomic E-state index is 13.0. The van der Waals surface area contributed by atoms with Crippen LogP contribution < -0.4 is 5.73 Å². The van der Waals surface area contributed by atoms with E-state index in [0.717, 1.165) is 22.4 Å². The zero-order valence-corrected chi connectivity index (χ0v) is 14.0. The zero-order valence-electron chi connectivity index (χ0n) is 13.2. The topological polar surface area (TPSA) is 69.4 Å². The van der Waals surface area contributed by atoms with Crippen LogP contribution in [-0.4, -0.2) is 18.9 Å². The molecule has 1 unspecified atom stereocenters. The van der Waals surface area contributed by atoms with Crippen molar-refractivity contribution in [3.05, 3.63) is 51.4 Å². The molecule has 5 heteroatoms. The molecule has 1 atom stereocenters. The number of aryl methyl sites for hydroxylation is 1. The lowest BCUT2D eigenvalue weighted by atomic mass is 9.94. The van der Waals surface area contributed by atoms with Crippen molar-refractivity contribution in [2.45, 2.75) is 26.2 Å². The molecule has 0 radical (unpaired) electrons. The zero-order chi connectivity index (χ0) is 16.6. The largest absolute Gasteiger partial charge is 0.469 e. The van der Waals surface area contributed by atoms with E-state index in [1.54, 1.807) is 0 Å². The second kappa shape index (κ2) is 6.16. The van der Waals surface area contributed by atoms with Gasteiger partial charge in [0.1, 0.15) is 0 Å². The standard InChI is InChI=1S/C18H19NO3S/c1-3-10-6-4-5-7-12(10)16(20)15-13-8-11(18(21)22-2)9-14(13)23-17(15)19/h4-7,11H,3,8-9,19H2,1-2H3. The van der Waals surface area contributed by atoms with E-state index in [2.05, 4.69) is 0 Å². The number of nitrogens with two attached hydrogens (primary N) is 1. The predicted octanol–water partition coefficient (Wildman–Crippen LogP) is 3.01. The van der Waals surface area contributed by atoms with Crippen LogP contribution in [0.4, 0.5) is 5.00 Å². The van der Waals surface area contributed by atoms with Crippen molar-refractivity contribution in [1.82, 2.24) is 0 Å². The summed E-state index contributed by atoms with van der Waals surface area (Å²) in [6.45, 7) is 2.03. The number of ketones is 1. The summed E-state index contributed by atoms with van der Waals surface area (Å²) in [6.07, 6.45) is 1.93. The van der Waals surface area contributed by atoms with Crippen LogP contribution in [-0.2, 0) is 28.8 Å². The van der Waals surface area contributed by atoms with Gasteiger partial charge in [0, 0.05) is 10.4 Å². The Kier molecular flexibility index (Phi) is 4.22. The molecule has 1 aromatic carbocycles. The fourth-order valence-electron chi connectivity index (χ4n) is 3.22. The van der Waals surface area contributed by atoms with Crippen molar-refractivity contribution in [2.24, 2.45) is 5.92 Å². The van der Waals surface area contributed by atoms with Gasteiger partial charge in [0.05, 0.1) is 23.6 Å². The number of ether oxygens (including phenoxy) is 1. The van der Waals surface area contributed by atoms with Crippen LogP contribution >= 0.6 is 11.3 Å². The summed E-state index contributed by atoms with van der Waals surface area (Å²) in [5.74, 6) is -0.461. The first-order chi connectivity index (χ1) is 11.1. The molecule has 4 nitrogen and oxygen atoms in total. The molecule has 120 valence electrons. The second-order valence-electron chi connectivity index (χ2n) is 5.71. The number of anilines is 1. The quantitative estimate of drug-likeness (QED) is 0.691. The molecule has 0 fully saturated rings. The summed E-state index contributed by atoms with van der Waals surface area (Å²) in [6, 6.07) is 7.61. The Bertz CT molecular complexity index is 779. The van der Waals surface area contributed by atoms with Crippen molar-refractivity contribution in [3.63, 3.8) is 0 Å². The van der Waals surface area contributed by atoms with Crippen molar-refractivity contribution in [2.75, 3.05) is 12.8 Å². The number of methoxy groups -OCH3 is 1. The van der Waals surface area contributed by atoms with E-state index in [1.807, 2.05) is 31.2 Å².